The average Bonchev–Trinajstić information content (AvgIpc) is 3.12. The minimum atomic E-state index is -0.255. The molecule has 180 valence electrons. The quantitative estimate of drug-likeness (QED) is 0.552. The van der Waals surface area contributed by atoms with Crippen LogP contribution in [0.5, 0.6) is 0 Å². The van der Waals surface area contributed by atoms with Gasteiger partial charge in [0.05, 0.1) is 22.4 Å². The number of anilines is 1. The zero-order valence-electron chi connectivity index (χ0n) is 20.4. The smallest absolute Gasteiger partial charge is 0.146 e. The van der Waals surface area contributed by atoms with Gasteiger partial charge in [-0.05, 0) is 55.2 Å². The summed E-state index contributed by atoms with van der Waals surface area (Å²) in [5.74, 6) is 0.725. The highest BCUT2D eigenvalue weighted by Crippen LogP contribution is 2.35. The summed E-state index contributed by atoms with van der Waals surface area (Å²) in [6, 6.07) is 12.1. The second-order valence-corrected chi connectivity index (χ2v) is 9.43. The maximum Gasteiger partial charge on any atom is 0.146 e. The van der Waals surface area contributed by atoms with E-state index in [9.17, 15) is 4.39 Å². The number of aryl methyl sites for hydroxylation is 2. The highest BCUT2D eigenvalue weighted by atomic mass is 19.1. The number of aromatic nitrogens is 2. The number of nitrogens with one attached hydrogen (secondary N) is 2. The van der Waals surface area contributed by atoms with E-state index in [-0.39, 0.29) is 18.1 Å². The molecule has 7 nitrogen and oxygen atoms in total. The van der Waals surface area contributed by atoms with E-state index in [1.54, 1.807) is 13.1 Å². The van der Waals surface area contributed by atoms with Crippen LogP contribution in [0, 0.1) is 12.7 Å². The second kappa shape index (κ2) is 9.02. The topological polar surface area (TPSA) is 74.4 Å². The van der Waals surface area contributed by atoms with Crippen molar-refractivity contribution < 1.29 is 4.39 Å². The van der Waals surface area contributed by atoms with Gasteiger partial charge in [-0.3, -0.25) is 10.2 Å². The lowest BCUT2D eigenvalue weighted by Gasteiger charge is -2.46. The van der Waals surface area contributed by atoms with Gasteiger partial charge in [0.1, 0.15) is 17.9 Å². The van der Waals surface area contributed by atoms with E-state index in [1.165, 1.54) is 0 Å². The van der Waals surface area contributed by atoms with Crippen molar-refractivity contribution in [3.05, 3.63) is 59.2 Å². The Morgan fingerprint density at radius 2 is 1.82 bits per heavy atom. The van der Waals surface area contributed by atoms with Crippen molar-refractivity contribution in [1.82, 2.24) is 24.7 Å². The maximum atomic E-state index is 14.9. The highest BCUT2D eigenvalue weighted by Gasteiger charge is 2.33. The molecule has 0 spiro atoms. The van der Waals surface area contributed by atoms with Crippen molar-refractivity contribution in [2.75, 3.05) is 39.0 Å². The third-order valence-electron chi connectivity index (χ3n) is 7.35. The number of fused-ring (bicyclic) bond motifs is 1. The van der Waals surface area contributed by atoms with Gasteiger partial charge >= 0.3 is 0 Å². The predicted octanol–water partition coefficient (Wildman–Crippen LogP) is 3.17. The molecule has 1 atom stereocenters. The first kappa shape index (κ1) is 22.8. The molecule has 0 radical (unpaired) electrons. The summed E-state index contributed by atoms with van der Waals surface area (Å²) in [7, 11) is 5.86. The van der Waals surface area contributed by atoms with Gasteiger partial charge in [-0.25, -0.2) is 9.37 Å². The zero-order chi connectivity index (χ0) is 24.0. The fourth-order valence-corrected chi connectivity index (χ4v) is 5.28. The largest absolute Gasteiger partial charge is 0.386 e. The minimum Gasteiger partial charge on any atom is -0.386 e. The average molecular weight is 464 g/mol. The van der Waals surface area contributed by atoms with E-state index in [0.29, 0.717) is 12.2 Å². The number of rotatable bonds is 4. The van der Waals surface area contributed by atoms with Gasteiger partial charge in [0.2, 0.25) is 0 Å². The SMILES string of the molecule is CNc1ccc(C2=C(c3ccc4c(c3)nc(C)n4C)CNC(N3CCC(N)CC3)N2C)cc1F. The van der Waals surface area contributed by atoms with E-state index in [2.05, 4.69) is 50.2 Å². The number of hydrogen-bond donors (Lipinski definition) is 3. The molecule has 1 unspecified atom stereocenters. The van der Waals surface area contributed by atoms with Gasteiger partial charge in [-0.15, -0.1) is 0 Å². The molecule has 3 aromatic rings. The van der Waals surface area contributed by atoms with Crippen molar-refractivity contribution in [3.63, 3.8) is 0 Å². The van der Waals surface area contributed by atoms with Gasteiger partial charge in [0.15, 0.2) is 0 Å². The van der Waals surface area contributed by atoms with Crippen LogP contribution in [-0.2, 0) is 7.05 Å². The molecular weight excluding hydrogens is 429 g/mol. The normalized spacial score (nSPS) is 20.4. The van der Waals surface area contributed by atoms with Crippen LogP contribution in [0.15, 0.2) is 36.4 Å². The third-order valence-corrected chi connectivity index (χ3v) is 7.35. The molecule has 2 aliphatic rings. The van der Waals surface area contributed by atoms with Crippen molar-refractivity contribution in [2.45, 2.75) is 32.1 Å². The Kier molecular flexibility index (Phi) is 6.06. The van der Waals surface area contributed by atoms with Gasteiger partial charge in [-0.1, -0.05) is 12.1 Å². The number of nitrogens with two attached hydrogens (primary N) is 1. The Balaban J connectivity index is 1.61. The third kappa shape index (κ3) is 3.96. The van der Waals surface area contributed by atoms with Crippen LogP contribution in [-0.4, -0.2) is 65.4 Å². The Morgan fingerprint density at radius 3 is 2.53 bits per heavy atom. The minimum absolute atomic E-state index is 0.0270. The summed E-state index contributed by atoms with van der Waals surface area (Å²) in [4.78, 5) is 9.42. The molecule has 2 aliphatic heterocycles. The molecule has 1 fully saturated rings. The first-order chi connectivity index (χ1) is 16.4. The molecular formula is C26H34FN7. The fraction of sp³-hybridized carbons (Fsp3) is 0.423. The number of likely N-dealkylation sites (tertiary alicyclic amines) is 1. The van der Waals surface area contributed by atoms with Crippen LogP contribution in [0.2, 0.25) is 0 Å². The molecule has 4 N–H and O–H groups in total. The molecule has 8 heteroatoms. The van der Waals surface area contributed by atoms with Crippen molar-refractivity contribution in [1.29, 1.82) is 0 Å². The standard InChI is InChI=1S/C26H34FN7/c1-16-31-23-14-17(6-8-24(23)32(16)3)20-15-30-26(34-11-9-19(28)10-12-34)33(4)25(20)18-5-7-22(29-2)21(27)13-18/h5-8,13-14,19,26,29-30H,9-12,15,28H2,1-4H3. The number of halogens is 1. The van der Waals surface area contributed by atoms with Gasteiger partial charge < -0.3 is 20.5 Å². The second-order valence-electron chi connectivity index (χ2n) is 9.43. The molecule has 0 amide bonds. The maximum absolute atomic E-state index is 14.9. The molecule has 0 bridgehead atoms. The van der Waals surface area contributed by atoms with E-state index >= 15 is 0 Å². The monoisotopic (exact) mass is 463 g/mol. The van der Waals surface area contributed by atoms with Crippen LogP contribution >= 0.6 is 0 Å². The fourth-order valence-electron chi connectivity index (χ4n) is 5.28. The van der Waals surface area contributed by atoms with Gasteiger partial charge in [-0.2, -0.15) is 0 Å². The lowest BCUT2D eigenvalue weighted by Crippen LogP contribution is -2.60. The van der Waals surface area contributed by atoms with Crippen molar-refractivity contribution in [2.24, 2.45) is 12.8 Å². The molecule has 0 saturated carbocycles. The van der Waals surface area contributed by atoms with Crippen LogP contribution in [0.1, 0.15) is 29.8 Å². The molecule has 1 saturated heterocycles. The Bertz CT molecular complexity index is 1240. The van der Waals surface area contributed by atoms with Crippen molar-refractivity contribution >= 4 is 28.0 Å². The molecule has 0 aliphatic carbocycles. The lowest BCUT2D eigenvalue weighted by molar-refractivity contribution is 0.0491. The lowest BCUT2D eigenvalue weighted by atomic mass is 9.95. The van der Waals surface area contributed by atoms with Crippen molar-refractivity contribution in [3.8, 4) is 0 Å². The molecule has 3 heterocycles. The van der Waals surface area contributed by atoms with Crippen LogP contribution < -0.4 is 16.4 Å². The Labute approximate surface area is 200 Å². The number of imidazole rings is 1. The summed E-state index contributed by atoms with van der Waals surface area (Å²) < 4.78 is 17.0. The number of piperidine rings is 1. The number of hydrogen-bond acceptors (Lipinski definition) is 6. The molecule has 2 aromatic carbocycles. The summed E-state index contributed by atoms with van der Waals surface area (Å²) >= 11 is 0. The number of nitrogens with zero attached hydrogens (tertiary/aromatic N) is 4. The summed E-state index contributed by atoms with van der Waals surface area (Å²) in [6.45, 7) is 4.58. The van der Waals surface area contributed by atoms with Crippen LogP contribution in [0.4, 0.5) is 10.1 Å². The first-order valence-corrected chi connectivity index (χ1v) is 12.0. The molecule has 5 rings (SSSR count). The van der Waals surface area contributed by atoms with Crippen LogP contribution in [0.25, 0.3) is 22.3 Å². The molecule has 34 heavy (non-hydrogen) atoms. The Morgan fingerprint density at radius 1 is 1.09 bits per heavy atom. The zero-order valence-corrected chi connectivity index (χ0v) is 20.4. The van der Waals surface area contributed by atoms with E-state index < -0.39 is 0 Å². The molecule has 1 aromatic heterocycles. The van der Waals surface area contributed by atoms with E-state index in [1.807, 2.05) is 26.1 Å². The van der Waals surface area contributed by atoms with Crippen LogP contribution in [0.3, 0.4) is 0 Å². The predicted molar refractivity (Wildman–Crippen MR) is 137 cm³/mol. The highest BCUT2D eigenvalue weighted by molar-refractivity contribution is 5.94. The Hall–Kier alpha value is -2.94. The first-order valence-electron chi connectivity index (χ1n) is 12.0. The summed E-state index contributed by atoms with van der Waals surface area (Å²) in [6.07, 6.45) is 2.00. The summed E-state index contributed by atoms with van der Waals surface area (Å²) in [5.41, 5.74) is 12.9. The van der Waals surface area contributed by atoms with E-state index in [4.69, 9.17) is 10.7 Å². The van der Waals surface area contributed by atoms with E-state index in [0.717, 1.165) is 65.2 Å². The van der Waals surface area contributed by atoms with Gasteiger partial charge in [0.25, 0.3) is 0 Å². The number of benzene rings is 2. The van der Waals surface area contributed by atoms with Gasteiger partial charge in [0, 0.05) is 52.4 Å². The summed E-state index contributed by atoms with van der Waals surface area (Å²) in [5, 5.41) is 6.65.